The highest BCUT2D eigenvalue weighted by molar-refractivity contribution is 7.47. The van der Waals surface area contributed by atoms with Crippen molar-refractivity contribution in [2.75, 3.05) is 14.2 Å². The molecule has 2 aromatic heterocycles. The first-order chi connectivity index (χ1) is 25.9. The van der Waals surface area contributed by atoms with Crippen molar-refractivity contribution in [2.24, 2.45) is 0 Å². The van der Waals surface area contributed by atoms with Gasteiger partial charge in [-0.25, -0.2) is 0 Å². The predicted octanol–water partition coefficient (Wildman–Crippen LogP) is 15.2. The lowest BCUT2D eigenvalue weighted by atomic mass is 9.82. The molecular weight excluding hydrogens is 710 g/mol. The summed E-state index contributed by atoms with van der Waals surface area (Å²) in [5.41, 5.74) is 6.33. The zero-order valence-corrected chi connectivity index (χ0v) is 33.7. The fourth-order valence-corrected chi connectivity index (χ4v) is 10.8. The van der Waals surface area contributed by atoms with E-state index in [2.05, 4.69) is 90.1 Å². The molecule has 0 radical (unpaired) electrons. The van der Waals surface area contributed by atoms with Crippen LogP contribution in [0.4, 0.5) is 0 Å². The summed E-state index contributed by atoms with van der Waals surface area (Å²) in [6.45, 7) is 13.3. The second kappa shape index (κ2) is 13.9. The van der Waals surface area contributed by atoms with Crippen LogP contribution in [0.1, 0.15) is 52.7 Å². The zero-order chi connectivity index (χ0) is 37.8. The number of benzene rings is 6. The van der Waals surface area contributed by atoms with Crippen molar-refractivity contribution in [3.63, 3.8) is 0 Å². The molecule has 6 aromatic carbocycles. The van der Waals surface area contributed by atoms with Crippen molar-refractivity contribution >= 4 is 59.9 Å². The minimum atomic E-state index is -1.76. The average Bonchev–Trinajstić information content (AvgIpc) is 3.44. The third-order valence-electron chi connectivity index (χ3n) is 9.76. The van der Waals surface area contributed by atoms with E-state index >= 15 is 0 Å². The fraction of sp³-hybridized carbons (Fsp3) is 0.217. The maximum absolute atomic E-state index is 7.06. The quantitative estimate of drug-likeness (QED) is 0.174. The molecule has 0 N–H and O–H groups in total. The van der Waals surface area contributed by atoms with Crippen LogP contribution in [0, 0.1) is 0 Å². The van der Waals surface area contributed by atoms with Crippen LogP contribution < -0.4 is 9.47 Å². The van der Waals surface area contributed by atoms with Crippen LogP contribution in [0.2, 0.25) is 0 Å². The Hall–Kier alpha value is -5.28. The van der Waals surface area contributed by atoms with Crippen LogP contribution in [-0.2, 0) is 10.8 Å². The normalized spacial score (nSPS) is 12.1. The predicted molar refractivity (Wildman–Crippen MR) is 225 cm³/mol. The Kier molecular flexibility index (Phi) is 9.17. The number of rotatable bonds is 5. The first-order valence-corrected chi connectivity index (χ1v) is 20.4. The molecule has 8 heteroatoms. The molecule has 0 fully saturated rings. The molecule has 54 heavy (non-hydrogen) atoms. The Labute approximate surface area is 317 Å². The van der Waals surface area contributed by atoms with Crippen molar-refractivity contribution in [3.8, 4) is 33.2 Å². The van der Waals surface area contributed by atoms with E-state index in [0.29, 0.717) is 0 Å². The number of para-hydroxylation sites is 4. The lowest BCUT2D eigenvalue weighted by Crippen LogP contribution is -2.14. The molecule has 0 atom stereocenters. The summed E-state index contributed by atoms with van der Waals surface area (Å²) in [6, 6.07) is 41.1. The van der Waals surface area contributed by atoms with Crippen LogP contribution in [-0.4, -0.2) is 14.2 Å². The number of hydrogen-bond acceptors (Lipinski definition) is 6. The van der Waals surface area contributed by atoms with Crippen LogP contribution in [0.25, 0.3) is 65.6 Å². The third-order valence-corrected chi connectivity index (χ3v) is 12.9. The van der Waals surface area contributed by atoms with Gasteiger partial charge < -0.3 is 26.3 Å². The van der Waals surface area contributed by atoms with Gasteiger partial charge in [-0.05, 0) is 70.5 Å². The van der Waals surface area contributed by atoms with Gasteiger partial charge in [-0.3, -0.25) is 0 Å². The summed E-state index contributed by atoms with van der Waals surface area (Å²) in [4.78, 5) is 0. The molecule has 8 aromatic rings. The lowest BCUT2D eigenvalue weighted by molar-refractivity contribution is 0.412. The van der Waals surface area contributed by atoms with Crippen LogP contribution in [0.3, 0.4) is 0 Å². The van der Waals surface area contributed by atoms with E-state index in [9.17, 15) is 0 Å². The Bertz CT molecular complexity index is 2470. The SMILES string of the molecule is COc1cc(-c2cc(OC)cc(C(C)(C)C)c2-p2oc3ccccc3c3ccccc3o2)c(-p2oc3ccccc3c3ccccc3o2)c(C(C)(C)C)c1. The van der Waals surface area contributed by atoms with E-state index in [4.69, 9.17) is 26.3 Å². The Morgan fingerprint density at radius 3 is 0.944 bits per heavy atom. The fourth-order valence-electron chi connectivity index (χ4n) is 7.05. The van der Waals surface area contributed by atoms with Crippen molar-refractivity contribution in [1.82, 2.24) is 0 Å². The summed E-state index contributed by atoms with van der Waals surface area (Å²) in [7, 11) is -0.0861. The Morgan fingerprint density at radius 2 is 0.685 bits per heavy atom. The summed E-state index contributed by atoms with van der Waals surface area (Å²) >= 11 is 0. The van der Waals surface area contributed by atoms with E-state index in [1.54, 1.807) is 14.2 Å². The number of ether oxygens (including phenoxy) is 2. The molecule has 8 rings (SSSR count). The minimum absolute atomic E-state index is 0.330. The van der Waals surface area contributed by atoms with Gasteiger partial charge in [0.05, 0.1) is 24.8 Å². The van der Waals surface area contributed by atoms with E-state index in [1.165, 1.54) is 0 Å². The number of methoxy groups -OCH3 is 2. The van der Waals surface area contributed by atoms with Gasteiger partial charge in [0.2, 0.25) is 0 Å². The molecule has 0 aliphatic heterocycles. The molecule has 0 unspecified atom stereocenters. The number of fused-ring (bicyclic) bond motifs is 6. The van der Waals surface area contributed by atoms with E-state index in [1.807, 2.05) is 72.8 Å². The van der Waals surface area contributed by atoms with Gasteiger partial charge in [0.25, 0.3) is 16.0 Å². The third kappa shape index (κ3) is 6.48. The van der Waals surface area contributed by atoms with Crippen LogP contribution >= 0.6 is 16.0 Å². The van der Waals surface area contributed by atoms with Gasteiger partial charge in [-0.2, -0.15) is 0 Å². The van der Waals surface area contributed by atoms with Crippen LogP contribution in [0.5, 0.6) is 11.5 Å². The first-order valence-electron chi connectivity index (χ1n) is 18.1. The smallest absolute Gasteiger partial charge is 0.253 e. The average molecular weight is 755 g/mol. The maximum Gasteiger partial charge on any atom is 0.253 e. The summed E-state index contributed by atoms with van der Waals surface area (Å²) in [5, 5.41) is 5.86. The van der Waals surface area contributed by atoms with E-state index in [0.717, 1.165) is 88.2 Å². The highest BCUT2D eigenvalue weighted by Gasteiger charge is 2.32. The van der Waals surface area contributed by atoms with Crippen molar-refractivity contribution < 1.29 is 26.3 Å². The number of hydrogen-bond donors (Lipinski definition) is 0. The molecule has 2 heterocycles. The summed E-state index contributed by atoms with van der Waals surface area (Å²) < 4.78 is 40.4. The minimum Gasteiger partial charge on any atom is -0.497 e. The molecule has 0 aliphatic carbocycles. The van der Waals surface area contributed by atoms with Crippen molar-refractivity contribution in [3.05, 3.63) is 132 Å². The highest BCUT2D eigenvalue weighted by atomic mass is 31.1. The molecule has 0 spiro atoms. The highest BCUT2D eigenvalue weighted by Crippen LogP contribution is 2.58. The second-order valence-electron chi connectivity index (χ2n) is 15.5. The van der Waals surface area contributed by atoms with Gasteiger partial charge in [0, 0.05) is 32.7 Å². The topological polar surface area (TPSA) is 71.0 Å². The van der Waals surface area contributed by atoms with Gasteiger partial charge in [0.15, 0.2) is 0 Å². The van der Waals surface area contributed by atoms with E-state index in [-0.39, 0.29) is 10.8 Å². The Balaban J connectivity index is 1.60. The molecule has 0 amide bonds. The Morgan fingerprint density at radius 1 is 0.407 bits per heavy atom. The molecule has 0 saturated carbocycles. The first kappa shape index (κ1) is 35.7. The van der Waals surface area contributed by atoms with Gasteiger partial charge in [-0.1, -0.05) is 114 Å². The second-order valence-corrected chi connectivity index (χ2v) is 18.2. The molecule has 0 saturated heterocycles. The molecular formula is C46H44O6P2. The summed E-state index contributed by atoms with van der Waals surface area (Å²) in [6.07, 6.45) is 0. The summed E-state index contributed by atoms with van der Waals surface area (Å²) in [5.74, 6) is 1.45. The van der Waals surface area contributed by atoms with Gasteiger partial charge in [0.1, 0.15) is 33.8 Å². The standard InChI is InChI=1S/C46H44O6P2/c1-45(2,3)37-27-29(47-7)25-35(43(37)53-49-39-21-13-9-17-31(39)32-18-10-14-22-40(32)50-53)36-26-30(48-8)28-38(46(4,5)6)44(36)54-51-41-23-15-11-19-33(41)34-20-12-16-24-42(34)52-54/h9-28H,1-8H3. The maximum atomic E-state index is 7.06. The van der Waals surface area contributed by atoms with Crippen LogP contribution in [0.15, 0.2) is 138 Å². The zero-order valence-electron chi connectivity index (χ0n) is 31.9. The van der Waals surface area contributed by atoms with Crippen molar-refractivity contribution in [1.29, 1.82) is 0 Å². The molecule has 274 valence electrons. The monoisotopic (exact) mass is 754 g/mol. The van der Waals surface area contributed by atoms with Crippen molar-refractivity contribution in [2.45, 2.75) is 52.4 Å². The molecule has 6 nitrogen and oxygen atoms in total. The largest absolute Gasteiger partial charge is 0.497 e. The molecule has 0 bridgehead atoms. The van der Waals surface area contributed by atoms with Gasteiger partial charge >= 0.3 is 0 Å². The lowest BCUT2D eigenvalue weighted by Gasteiger charge is -2.28. The van der Waals surface area contributed by atoms with E-state index < -0.39 is 16.0 Å². The molecule has 0 aliphatic rings. The van der Waals surface area contributed by atoms with Gasteiger partial charge in [-0.15, -0.1) is 0 Å².